The number of hydrogen-bond donors (Lipinski definition) is 3. The van der Waals surface area contributed by atoms with Gasteiger partial charge in [-0.15, -0.1) is 39.1 Å². The molecule has 0 saturated heterocycles. The van der Waals surface area contributed by atoms with Gasteiger partial charge in [0.05, 0.1) is 27.6 Å². The number of fused-ring (bicyclic) bond motifs is 7. The van der Waals surface area contributed by atoms with Gasteiger partial charge in [0.15, 0.2) is 0 Å². The molecule has 1 aliphatic carbocycles. The predicted molar refractivity (Wildman–Crippen MR) is 240 cm³/mol. The summed E-state index contributed by atoms with van der Waals surface area (Å²) < 4.78 is 18.2. The Bertz CT molecular complexity index is 2960. The molecular formula is C48H37FN2S3. The minimum atomic E-state index is 0.149. The molecule has 1 N–H and O–H groups in total. The Labute approximate surface area is 328 Å². The Morgan fingerprint density at radius 3 is 2.11 bits per heavy atom. The topological polar surface area (TPSA) is 17.0 Å². The SMILES string of the molecule is CC1=CCC(n2c3cc(-c4ccc5c(NF)c(-c6cccc7ccccc67)sc5c4)ccc3c3c4ccccc4ccc32)C=C1c1ccccc1C.SS. The second-order valence-corrected chi connectivity index (χ2v) is 15.1. The number of nitrogens with zero attached hydrogens (tertiary/aromatic N) is 1. The number of thiol groups is 2. The molecule has 10 rings (SSSR count). The summed E-state index contributed by atoms with van der Waals surface area (Å²) in [5, 5.41) is 8.22. The van der Waals surface area contributed by atoms with Crippen LogP contribution < -0.4 is 5.54 Å². The van der Waals surface area contributed by atoms with Gasteiger partial charge in [-0.3, -0.25) is 0 Å². The lowest BCUT2D eigenvalue weighted by Crippen LogP contribution is -2.10. The fourth-order valence-electron chi connectivity index (χ4n) is 8.49. The van der Waals surface area contributed by atoms with Crippen LogP contribution in [0.25, 0.3) is 80.6 Å². The van der Waals surface area contributed by atoms with Gasteiger partial charge in [0.25, 0.3) is 0 Å². The van der Waals surface area contributed by atoms with Crippen LogP contribution in [0.3, 0.4) is 0 Å². The molecule has 0 amide bonds. The molecule has 1 atom stereocenters. The molecule has 1 aliphatic rings. The van der Waals surface area contributed by atoms with Crippen molar-refractivity contribution in [2.45, 2.75) is 26.3 Å². The molecule has 2 aromatic heterocycles. The van der Waals surface area contributed by atoms with Crippen molar-refractivity contribution in [1.82, 2.24) is 4.57 Å². The number of anilines is 1. The lowest BCUT2D eigenvalue weighted by molar-refractivity contribution is 0.620. The zero-order valence-corrected chi connectivity index (χ0v) is 32.5. The average Bonchev–Trinajstić information content (AvgIpc) is 3.77. The number of aryl methyl sites for hydroxylation is 1. The summed E-state index contributed by atoms with van der Waals surface area (Å²) in [5.41, 5.74) is 13.6. The van der Waals surface area contributed by atoms with E-state index in [1.165, 1.54) is 54.9 Å². The first-order valence-electron chi connectivity index (χ1n) is 18.1. The Hall–Kier alpha value is -5.27. The highest BCUT2D eigenvalue weighted by atomic mass is 33.1. The van der Waals surface area contributed by atoms with Gasteiger partial charge in [-0.25, -0.2) is 5.54 Å². The first kappa shape index (κ1) is 34.5. The van der Waals surface area contributed by atoms with E-state index in [1.54, 1.807) is 11.3 Å². The van der Waals surface area contributed by atoms with Gasteiger partial charge in [0.1, 0.15) is 0 Å². The van der Waals surface area contributed by atoms with E-state index in [4.69, 9.17) is 0 Å². The van der Waals surface area contributed by atoms with Crippen molar-refractivity contribution in [1.29, 1.82) is 0 Å². The largest absolute Gasteiger partial charge is 0.333 e. The average molecular weight is 757 g/mol. The Kier molecular flexibility index (Phi) is 9.06. The van der Waals surface area contributed by atoms with Gasteiger partial charge >= 0.3 is 0 Å². The number of nitrogens with one attached hydrogen (secondary N) is 1. The number of allylic oxidation sites excluding steroid dienone is 4. The summed E-state index contributed by atoms with van der Waals surface area (Å²) in [5.74, 6) is 0. The number of aromatic nitrogens is 1. The van der Waals surface area contributed by atoms with E-state index in [9.17, 15) is 4.48 Å². The highest BCUT2D eigenvalue weighted by Gasteiger charge is 2.23. The van der Waals surface area contributed by atoms with E-state index >= 15 is 0 Å². The molecular weight excluding hydrogens is 720 g/mol. The third kappa shape index (κ3) is 5.63. The van der Waals surface area contributed by atoms with Crippen LogP contribution in [-0.2, 0) is 0 Å². The van der Waals surface area contributed by atoms with Gasteiger partial charge in [-0.05, 0) is 93.4 Å². The summed E-state index contributed by atoms with van der Waals surface area (Å²) in [4.78, 5) is 0.908. The lowest BCUT2D eigenvalue weighted by Gasteiger charge is -2.25. The normalized spacial score (nSPS) is 14.4. The Morgan fingerprint density at radius 2 is 1.31 bits per heavy atom. The summed E-state index contributed by atoms with van der Waals surface area (Å²) in [6.07, 6.45) is 5.81. The van der Waals surface area contributed by atoms with Gasteiger partial charge in [-0.1, -0.05) is 133 Å². The fraction of sp³-hybridized carbons (Fsp3) is 0.0833. The standard InChI is InChI=1S/C48H35FN2S.H2S2/c1-29-10-3-6-14-36(29)42-28-35(22-18-30(42)2)51-43-25-21-32-12-5-8-16-38(32)46(43)40-23-19-33(26-44(40)51)34-20-24-41-45(27-34)52-48(47(41)50-49)39-17-9-13-31-11-4-7-15-37(31)39;1-2/h3-21,23-28,35,50H,22H2,1-2H3;1-2H. The van der Waals surface area contributed by atoms with E-state index < -0.39 is 0 Å². The second kappa shape index (κ2) is 14.2. The molecule has 0 radical (unpaired) electrons. The first-order valence-corrected chi connectivity index (χ1v) is 20.5. The smallest absolute Gasteiger partial charge is 0.0920 e. The Morgan fingerprint density at radius 1 is 0.648 bits per heavy atom. The van der Waals surface area contributed by atoms with Crippen molar-refractivity contribution in [3.05, 3.63) is 168 Å². The molecule has 0 fully saturated rings. The van der Waals surface area contributed by atoms with Crippen LogP contribution in [0.15, 0.2) is 157 Å². The quantitative estimate of drug-likeness (QED) is 0.0906. The molecule has 0 spiro atoms. The lowest BCUT2D eigenvalue weighted by atomic mass is 9.88. The van der Waals surface area contributed by atoms with E-state index in [0.29, 0.717) is 5.69 Å². The minimum Gasteiger partial charge on any atom is -0.333 e. The Balaban J connectivity index is 0.00000189. The summed E-state index contributed by atoms with van der Waals surface area (Å²) in [6, 6.07) is 50.0. The highest BCUT2D eigenvalue weighted by Crippen LogP contribution is 2.47. The summed E-state index contributed by atoms with van der Waals surface area (Å²) >= 11 is 8.08. The van der Waals surface area contributed by atoms with Crippen molar-refractivity contribution in [2.75, 3.05) is 5.54 Å². The van der Waals surface area contributed by atoms with Gasteiger partial charge in [0, 0.05) is 26.4 Å². The fourth-order valence-corrected chi connectivity index (χ4v) is 9.72. The molecule has 0 saturated carbocycles. The summed E-state index contributed by atoms with van der Waals surface area (Å²) in [6.45, 7) is 4.44. The van der Waals surface area contributed by atoms with E-state index in [1.807, 2.05) is 12.1 Å². The molecule has 6 heteroatoms. The van der Waals surface area contributed by atoms with E-state index in [2.05, 4.69) is 187 Å². The van der Waals surface area contributed by atoms with E-state index in [-0.39, 0.29) is 6.04 Å². The zero-order chi connectivity index (χ0) is 36.9. The van der Waals surface area contributed by atoms with Crippen LogP contribution in [0.1, 0.15) is 30.5 Å². The molecule has 1 unspecified atom stereocenters. The molecule has 9 aromatic rings. The second-order valence-electron chi connectivity index (χ2n) is 14.0. The molecule has 7 aromatic carbocycles. The molecule has 264 valence electrons. The van der Waals surface area contributed by atoms with Crippen LogP contribution in [-0.4, -0.2) is 4.57 Å². The van der Waals surface area contributed by atoms with Crippen molar-refractivity contribution in [3.8, 4) is 21.6 Å². The highest BCUT2D eigenvalue weighted by molar-refractivity contribution is 8.59. The number of hydrogen-bond acceptors (Lipinski definition) is 4. The maximum absolute atomic E-state index is 14.6. The molecule has 2 heterocycles. The predicted octanol–water partition coefficient (Wildman–Crippen LogP) is 15.0. The van der Waals surface area contributed by atoms with E-state index in [0.717, 1.165) is 48.8 Å². The molecule has 2 nitrogen and oxygen atoms in total. The zero-order valence-electron chi connectivity index (χ0n) is 29.8. The number of thiophene rings is 1. The maximum atomic E-state index is 14.6. The monoisotopic (exact) mass is 756 g/mol. The first-order chi connectivity index (χ1) is 26.6. The van der Waals surface area contributed by atoms with Crippen molar-refractivity contribution >= 4 is 99.4 Å². The number of rotatable bonds is 5. The molecule has 0 bridgehead atoms. The van der Waals surface area contributed by atoms with Gasteiger partial charge < -0.3 is 4.57 Å². The van der Waals surface area contributed by atoms with Crippen LogP contribution in [0.5, 0.6) is 0 Å². The van der Waals surface area contributed by atoms with Crippen LogP contribution in [0.2, 0.25) is 0 Å². The maximum Gasteiger partial charge on any atom is 0.0920 e. The minimum absolute atomic E-state index is 0.149. The molecule has 0 aliphatic heterocycles. The molecule has 54 heavy (non-hydrogen) atoms. The summed E-state index contributed by atoms with van der Waals surface area (Å²) in [7, 11) is 0. The van der Waals surface area contributed by atoms with Crippen molar-refractivity contribution < 1.29 is 4.48 Å². The third-order valence-electron chi connectivity index (χ3n) is 11.1. The van der Waals surface area contributed by atoms with Crippen molar-refractivity contribution in [3.63, 3.8) is 0 Å². The van der Waals surface area contributed by atoms with Crippen LogP contribution >= 0.6 is 34.7 Å². The van der Waals surface area contributed by atoms with Crippen molar-refractivity contribution in [2.24, 2.45) is 0 Å². The third-order valence-corrected chi connectivity index (χ3v) is 12.2. The van der Waals surface area contributed by atoms with Gasteiger partial charge in [-0.2, -0.15) is 0 Å². The number of halogens is 1. The van der Waals surface area contributed by atoms with Crippen LogP contribution in [0, 0.1) is 6.92 Å². The van der Waals surface area contributed by atoms with Gasteiger partial charge in [0.2, 0.25) is 0 Å². The number of benzene rings is 7. The van der Waals surface area contributed by atoms with Crippen LogP contribution in [0.4, 0.5) is 10.2 Å².